The molecule has 1 aliphatic heterocycles. The van der Waals surface area contributed by atoms with Crippen LogP contribution in [0.1, 0.15) is 13.8 Å². The summed E-state index contributed by atoms with van der Waals surface area (Å²) in [7, 11) is 0. The molecule has 1 aliphatic carbocycles. The van der Waals surface area contributed by atoms with Crippen LogP contribution in [0.25, 0.3) is 33.3 Å². The first-order valence-electron chi connectivity index (χ1n) is 9.27. The van der Waals surface area contributed by atoms with Crippen molar-refractivity contribution in [3.63, 3.8) is 0 Å². The van der Waals surface area contributed by atoms with Crippen LogP contribution < -0.4 is 15.1 Å². The second-order valence-corrected chi connectivity index (χ2v) is 6.46. The molecule has 0 N–H and O–H groups in total. The lowest BCUT2D eigenvalue weighted by molar-refractivity contribution is 0.371. The Bertz CT molecular complexity index is 1230. The Hall–Kier alpha value is -3.52. The van der Waals surface area contributed by atoms with E-state index in [4.69, 9.17) is 20.6 Å². The van der Waals surface area contributed by atoms with Gasteiger partial charge < -0.3 is 14.1 Å². The van der Waals surface area contributed by atoms with Crippen LogP contribution in [0.15, 0.2) is 51.7 Å². The predicted molar refractivity (Wildman–Crippen MR) is 112 cm³/mol. The fourth-order valence-corrected chi connectivity index (χ4v) is 3.44. The van der Waals surface area contributed by atoms with Gasteiger partial charge in [-0.2, -0.15) is 0 Å². The summed E-state index contributed by atoms with van der Waals surface area (Å²) in [5, 5.41) is 1.26. The second-order valence-electron chi connectivity index (χ2n) is 6.46. The summed E-state index contributed by atoms with van der Waals surface area (Å²) < 4.78 is 11.6. The van der Waals surface area contributed by atoms with Crippen molar-refractivity contribution in [1.29, 1.82) is 0 Å². The molecule has 4 rings (SSSR count). The van der Waals surface area contributed by atoms with Gasteiger partial charge in [-0.15, -0.1) is 6.42 Å². The van der Waals surface area contributed by atoms with Crippen molar-refractivity contribution in [2.24, 2.45) is 0 Å². The van der Waals surface area contributed by atoms with Crippen LogP contribution in [0.3, 0.4) is 0 Å². The van der Waals surface area contributed by atoms with Gasteiger partial charge >= 0.3 is 0 Å². The summed E-state index contributed by atoms with van der Waals surface area (Å²) in [6.45, 7) is 6.19. The molecule has 2 aromatic rings. The van der Waals surface area contributed by atoms with Gasteiger partial charge in [-0.25, -0.2) is 4.98 Å². The summed E-state index contributed by atoms with van der Waals surface area (Å²) in [5.74, 6) is 3.49. The van der Waals surface area contributed by atoms with Crippen LogP contribution in [0, 0.1) is 12.3 Å². The van der Waals surface area contributed by atoms with Gasteiger partial charge in [-0.1, -0.05) is 5.92 Å². The van der Waals surface area contributed by atoms with Crippen molar-refractivity contribution in [2.75, 3.05) is 24.6 Å². The van der Waals surface area contributed by atoms with E-state index in [0.717, 1.165) is 24.3 Å². The standard InChI is InChI=1S/C23H20N2O3/c1-4-11-27-16-8-9-17-18(13-16)23-22(14-20(17)26)28-21-12-15(25(5-2)6-3)7-10-19(21)24-23/h1,7-10,12-14H,5-6,11H2,2-3H3. The minimum absolute atomic E-state index is 0.115. The average molecular weight is 372 g/mol. The van der Waals surface area contributed by atoms with Crippen molar-refractivity contribution in [1.82, 2.24) is 4.98 Å². The van der Waals surface area contributed by atoms with Gasteiger partial charge in [0.15, 0.2) is 16.8 Å². The van der Waals surface area contributed by atoms with Crippen LogP contribution in [-0.2, 0) is 0 Å². The van der Waals surface area contributed by atoms with Crippen molar-refractivity contribution in [3.05, 3.63) is 52.7 Å². The molecule has 0 bridgehead atoms. The highest BCUT2D eigenvalue weighted by Crippen LogP contribution is 2.33. The van der Waals surface area contributed by atoms with Crippen LogP contribution in [0.2, 0.25) is 0 Å². The first-order valence-corrected chi connectivity index (χ1v) is 9.27. The van der Waals surface area contributed by atoms with Crippen LogP contribution in [-0.4, -0.2) is 24.7 Å². The largest absolute Gasteiger partial charge is 0.481 e. The summed E-state index contributed by atoms with van der Waals surface area (Å²) >= 11 is 0. The Labute approximate surface area is 162 Å². The number of nitrogens with zero attached hydrogens (tertiary/aromatic N) is 2. The van der Waals surface area contributed by atoms with E-state index >= 15 is 0 Å². The summed E-state index contributed by atoms with van der Waals surface area (Å²) in [5.41, 5.74) is 2.96. The zero-order chi connectivity index (χ0) is 19.7. The maximum Gasteiger partial charge on any atom is 0.190 e. The summed E-state index contributed by atoms with van der Waals surface area (Å²) in [6.07, 6.45) is 5.26. The van der Waals surface area contributed by atoms with Gasteiger partial charge in [0, 0.05) is 41.7 Å². The van der Waals surface area contributed by atoms with Crippen molar-refractivity contribution >= 4 is 27.6 Å². The lowest BCUT2D eigenvalue weighted by atomic mass is 10.0. The lowest BCUT2D eigenvalue weighted by Crippen LogP contribution is -2.21. The molecule has 140 valence electrons. The van der Waals surface area contributed by atoms with E-state index in [1.165, 1.54) is 6.07 Å². The normalized spacial score (nSPS) is 11.0. The van der Waals surface area contributed by atoms with Gasteiger partial charge in [-0.05, 0) is 44.2 Å². The number of anilines is 1. The maximum atomic E-state index is 12.6. The molecule has 28 heavy (non-hydrogen) atoms. The Morgan fingerprint density at radius 2 is 1.93 bits per heavy atom. The SMILES string of the molecule is C#CCOc1ccc2c(=O)cc3oc4cc(N(CC)CC)ccc4nc-3c2c1. The zero-order valence-electron chi connectivity index (χ0n) is 15.9. The third-order valence-electron chi connectivity index (χ3n) is 4.85. The van der Waals surface area contributed by atoms with Crippen LogP contribution in [0.5, 0.6) is 5.75 Å². The van der Waals surface area contributed by atoms with Gasteiger partial charge in [-0.3, -0.25) is 4.79 Å². The van der Waals surface area contributed by atoms with E-state index in [-0.39, 0.29) is 12.0 Å². The molecule has 0 aromatic heterocycles. The smallest absolute Gasteiger partial charge is 0.190 e. The first-order chi connectivity index (χ1) is 13.6. The molecule has 0 unspecified atom stereocenters. The van der Waals surface area contributed by atoms with Crippen LogP contribution in [0.4, 0.5) is 5.69 Å². The Morgan fingerprint density at radius 3 is 2.68 bits per heavy atom. The maximum absolute atomic E-state index is 12.6. The van der Waals surface area contributed by atoms with E-state index in [9.17, 15) is 4.79 Å². The molecule has 5 heteroatoms. The number of ether oxygens (including phenoxy) is 1. The Kier molecular flexibility index (Phi) is 4.62. The Balaban J connectivity index is 1.94. The molecular weight excluding hydrogens is 352 g/mol. The first kappa shape index (κ1) is 17.9. The molecule has 1 heterocycles. The average Bonchev–Trinajstić information content (AvgIpc) is 2.72. The predicted octanol–water partition coefficient (Wildman–Crippen LogP) is 4.30. The third kappa shape index (κ3) is 3.03. The summed E-state index contributed by atoms with van der Waals surface area (Å²) in [6, 6.07) is 12.7. The molecule has 0 saturated heterocycles. The number of hydrogen-bond acceptors (Lipinski definition) is 5. The lowest BCUT2D eigenvalue weighted by Gasteiger charge is -2.21. The van der Waals surface area contributed by atoms with E-state index in [1.807, 2.05) is 18.2 Å². The number of fused-ring (bicyclic) bond motifs is 4. The molecule has 0 saturated carbocycles. The monoisotopic (exact) mass is 372 g/mol. The number of aromatic nitrogens is 1. The molecule has 2 aliphatic rings. The van der Waals surface area contributed by atoms with Crippen LogP contribution >= 0.6 is 0 Å². The van der Waals surface area contributed by atoms with Crippen molar-refractivity contribution in [3.8, 4) is 29.5 Å². The quantitative estimate of drug-likeness (QED) is 0.297. The minimum atomic E-state index is -0.115. The molecule has 0 fully saturated rings. The number of hydrogen-bond donors (Lipinski definition) is 0. The van der Waals surface area contributed by atoms with Crippen molar-refractivity contribution in [2.45, 2.75) is 13.8 Å². The molecule has 5 nitrogen and oxygen atoms in total. The molecule has 2 aromatic carbocycles. The Morgan fingerprint density at radius 1 is 1.11 bits per heavy atom. The third-order valence-corrected chi connectivity index (χ3v) is 4.85. The molecule has 0 radical (unpaired) electrons. The fraction of sp³-hybridized carbons (Fsp3) is 0.217. The summed E-state index contributed by atoms with van der Waals surface area (Å²) in [4.78, 5) is 19.6. The highest BCUT2D eigenvalue weighted by Gasteiger charge is 2.17. The van der Waals surface area contributed by atoms with E-state index in [0.29, 0.717) is 33.6 Å². The molecular formula is C23H20N2O3. The minimum Gasteiger partial charge on any atom is -0.481 e. The zero-order valence-corrected chi connectivity index (χ0v) is 15.9. The van der Waals surface area contributed by atoms with Gasteiger partial charge in [0.1, 0.15) is 23.6 Å². The van der Waals surface area contributed by atoms with Gasteiger partial charge in [0.05, 0.1) is 0 Å². The van der Waals surface area contributed by atoms with E-state index < -0.39 is 0 Å². The number of benzene rings is 3. The van der Waals surface area contributed by atoms with Crippen molar-refractivity contribution < 1.29 is 9.15 Å². The van der Waals surface area contributed by atoms with Gasteiger partial charge in [0.25, 0.3) is 0 Å². The number of rotatable bonds is 5. The van der Waals surface area contributed by atoms with E-state index in [2.05, 4.69) is 24.7 Å². The highest BCUT2D eigenvalue weighted by molar-refractivity contribution is 5.97. The number of terminal acetylenes is 1. The highest BCUT2D eigenvalue weighted by atomic mass is 16.5. The fourth-order valence-electron chi connectivity index (χ4n) is 3.44. The molecule has 0 amide bonds. The van der Waals surface area contributed by atoms with Gasteiger partial charge in [0.2, 0.25) is 0 Å². The topological polar surface area (TPSA) is 55.6 Å². The molecule has 0 atom stereocenters. The second kappa shape index (κ2) is 7.24. The van der Waals surface area contributed by atoms with E-state index in [1.54, 1.807) is 18.2 Å². The molecule has 0 spiro atoms.